The zero-order valence-electron chi connectivity index (χ0n) is 19.7. The van der Waals surface area contributed by atoms with E-state index >= 15 is 0 Å². The number of hydrogen-bond acceptors (Lipinski definition) is 4. The molecular weight excluding hydrogens is 436 g/mol. The van der Waals surface area contributed by atoms with Gasteiger partial charge in [-0.15, -0.1) is 0 Å². The van der Waals surface area contributed by atoms with Gasteiger partial charge in [0.1, 0.15) is 5.76 Å². The molecule has 0 aliphatic heterocycles. The minimum absolute atomic E-state index is 0.178. The maximum atomic E-state index is 13.5. The van der Waals surface area contributed by atoms with Crippen molar-refractivity contribution in [2.45, 2.75) is 51.1 Å². The predicted octanol–water partition coefficient (Wildman–Crippen LogP) is 4.65. The summed E-state index contributed by atoms with van der Waals surface area (Å²) in [7, 11) is -3.87. The molecule has 3 rings (SSSR count). The van der Waals surface area contributed by atoms with E-state index in [1.54, 1.807) is 62.3 Å². The molecule has 0 atom stereocenters. The summed E-state index contributed by atoms with van der Waals surface area (Å²) in [5.74, 6) is 0.382. The number of amides is 1. The van der Waals surface area contributed by atoms with E-state index in [1.165, 1.54) is 4.31 Å². The van der Waals surface area contributed by atoms with Crippen molar-refractivity contribution in [3.8, 4) is 0 Å². The van der Waals surface area contributed by atoms with E-state index in [9.17, 15) is 13.2 Å². The molecule has 1 heterocycles. The smallest absolute Gasteiger partial charge is 0.244 e. The molecule has 3 aromatic rings. The van der Waals surface area contributed by atoms with Gasteiger partial charge < -0.3 is 9.32 Å². The van der Waals surface area contributed by atoms with Crippen molar-refractivity contribution in [3.63, 3.8) is 0 Å². The molecule has 0 bridgehead atoms. The molecule has 2 aromatic carbocycles. The minimum atomic E-state index is -3.87. The monoisotopic (exact) mass is 468 g/mol. The normalized spacial score (nSPS) is 12.2. The molecule has 0 aliphatic rings. The molecule has 0 spiro atoms. The van der Waals surface area contributed by atoms with Crippen LogP contribution in [0, 0.1) is 6.92 Å². The molecule has 0 aliphatic carbocycles. The molecule has 7 heteroatoms. The van der Waals surface area contributed by atoms with E-state index < -0.39 is 15.6 Å². The van der Waals surface area contributed by atoms with Crippen molar-refractivity contribution < 1.29 is 17.6 Å². The van der Waals surface area contributed by atoms with Crippen molar-refractivity contribution in [1.29, 1.82) is 0 Å². The molecule has 0 saturated heterocycles. The van der Waals surface area contributed by atoms with Crippen LogP contribution in [-0.2, 0) is 27.8 Å². The molecule has 176 valence electrons. The molecular formula is C26H32N2O4S. The summed E-state index contributed by atoms with van der Waals surface area (Å²) in [6.45, 7) is 7.77. The lowest BCUT2D eigenvalue weighted by molar-refractivity contribution is -0.133. The fraction of sp³-hybridized carbons (Fsp3) is 0.346. The molecule has 1 aromatic heterocycles. The number of carbonyl (C=O) groups is 1. The number of carbonyl (C=O) groups excluding carboxylic acids is 1. The number of benzene rings is 2. The van der Waals surface area contributed by atoms with Crippen LogP contribution in [0.4, 0.5) is 0 Å². The van der Waals surface area contributed by atoms with Gasteiger partial charge in [0, 0.05) is 12.1 Å². The highest BCUT2D eigenvalue weighted by Crippen LogP contribution is 2.25. The number of sulfonamides is 1. The van der Waals surface area contributed by atoms with Crippen LogP contribution >= 0.6 is 0 Å². The van der Waals surface area contributed by atoms with Crippen molar-refractivity contribution >= 4 is 15.9 Å². The fourth-order valence-electron chi connectivity index (χ4n) is 3.53. The van der Waals surface area contributed by atoms with Gasteiger partial charge in [-0.25, -0.2) is 8.42 Å². The number of rotatable bonds is 9. The van der Waals surface area contributed by atoms with Crippen LogP contribution in [0.15, 0.2) is 82.3 Å². The zero-order valence-corrected chi connectivity index (χ0v) is 20.5. The Morgan fingerprint density at radius 2 is 1.61 bits per heavy atom. The van der Waals surface area contributed by atoms with Gasteiger partial charge in [0.2, 0.25) is 15.9 Å². The second kappa shape index (κ2) is 10.4. The molecule has 1 amide bonds. The second-order valence-corrected chi connectivity index (χ2v) is 11.0. The maximum absolute atomic E-state index is 13.5. The Morgan fingerprint density at radius 1 is 0.939 bits per heavy atom. The fourth-order valence-corrected chi connectivity index (χ4v) is 5.27. The van der Waals surface area contributed by atoms with Gasteiger partial charge in [-0.3, -0.25) is 4.79 Å². The van der Waals surface area contributed by atoms with Gasteiger partial charge in [0.05, 0.1) is 24.2 Å². The Morgan fingerprint density at radius 3 is 2.18 bits per heavy atom. The zero-order chi connectivity index (χ0) is 24.1. The summed E-state index contributed by atoms with van der Waals surface area (Å²) in [5.41, 5.74) is 1.29. The quantitative estimate of drug-likeness (QED) is 0.458. The second-order valence-electron chi connectivity index (χ2n) is 9.13. The Balaban J connectivity index is 1.85. The number of nitrogens with zero attached hydrogens (tertiary/aromatic N) is 2. The molecule has 0 saturated carbocycles. The Kier molecular flexibility index (Phi) is 7.76. The molecule has 0 unspecified atom stereocenters. The van der Waals surface area contributed by atoms with Crippen LogP contribution < -0.4 is 0 Å². The first-order valence-corrected chi connectivity index (χ1v) is 12.4. The van der Waals surface area contributed by atoms with Crippen molar-refractivity contribution in [2.75, 3.05) is 13.1 Å². The van der Waals surface area contributed by atoms with E-state index in [2.05, 4.69) is 0 Å². The van der Waals surface area contributed by atoms with Gasteiger partial charge in [-0.1, -0.05) is 48.0 Å². The third-order valence-corrected chi connectivity index (χ3v) is 7.55. The highest BCUT2D eigenvalue weighted by atomic mass is 32.2. The third-order valence-electron chi connectivity index (χ3n) is 5.43. The highest BCUT2D eigenvalue weighted by Gasteiger charge is 2.36. The van der Waals surface area contributed by atoms with E-state index in [0.717, 1.165) is 11.1 Å². The van der Waals surface area contributed by atoms with Crippen LogP contribution in [0.3, 0.4) is 0 Å². The first-order chi connectivity index (χ1) is 15.6. The van der Waals surface area contributed by atoms with Gasteiger partial charge >= 0.3 is 0 Å². The van der Waals surface area contributed by atoms with Gasteiger partial charge in [0.15, 0.2) is 0 Å². The van der Waals surface area contributed by atoms with Crippen LogP contribution in [0.5, 0.6) is 0 Å². The summed E-state index contributed by atoms with van der Waals surface area (Å²) < 4.78 is 33.7. The van der Waals surface area contributed by atoms with Crippen LogP contribution in [0.2, 0.25) is 0 Å². The van der Waals surface area contributed by atoms with Crippen molar-refractivity contribution in [1.82, 2.24) is 9.21 Å². The molecule has 33 heavy (non-hydrogen) atoms. The third kappa shape index (κ3) is 6.55. The molecule has 0 fully saturated rings. The first-order valence-electron chi connectivity index (χ1n) is 11.0. The lowest BCUT2D eigenvalue weighted by Crippen LogP contribution is -2.51. The number of aryl methyl sites for hydroxylation is 1. The Hall–Kier alpha value is -2.90. The van der Waals surface area contributed by atoms with Crippen LogP contribution in [-0.4, -0.2) is 42.2 Å². The minimum Gasteiger partial charge on any atom is -0.467 e. The summed E-state index contributed by atoms with van der Waals surface area (Å²) >= 11 is 0. The summed E-state index contributed by atoms with van der Waals surface area (Å²) in [5, 5.41) is 0. The number of hydrogen-bond donors (Lipinski definition) is 0. The van der Waals surface area contributed by atoms with Crippen LogP contribution in [0.1, 0.15) is 37.7 Å². The van der Waals surface area contributed by atoms with Crippen molar-refractivity contribution in [3.05, 3.63) is 89.9 Å². The van der Waals surface area contributed by atoms with E-state index in [4.69, 9.17) is 4.42 Å². The average Bonchev–Trinajstić information content (AvgIpc) is 3.28. The van der Waals surface area contributed by atoms with E-state index in [0.29, 0.717) is 18.7 Å². The first kappa shape index (κ1) is 24.7. The predicted molar refractivity (Wildman–Crippen MR) is 129 cm³/mol. The SMILES string of the molecule is Cc1ccc(S(=O)(=O)N(CC(=O)N(CCc2ccccc2)Cc2ccco2)C(C)(C)C)cc1. The lowest BCUT2D eigenvalue weighted by atomic mass is 10.1. The van der Waals surface area contributed by atoms with Crippen molar-refractivity contribution in [2.24, 2.45) is 0 Å². The maximum Gasteiger partial charge on any atom is 0.244 e. The van der Waals surface area contributed by atoms with E-state index in [1.807, 2.05) is 43.3 Å². The topological polar surface area (TPSA) is 70.8 Å². The summed E-state index contributed by atoms with van der Waals surface area (Å²) in [6.07, 6.45) is 2.23. The molecule has 6 nitrogen and oxygen atoms in total. The lowest BCUT2D eigenvalue weighted by Gasteiger charge is -2.35. The number of furan rings is 1. The standard InChI is InChI=1S/C26H32N2O4S/c1-21-12-14-24(15-13-21)33(30,31)28(26(2,3)4)20-25(29)27(19-23-11-8-18-32-23)17-16-22-9-6-5-7-10-22/h5-15,18H,16-17,19-20H2,1-4H3. The molecule has 0 N–H and O–H groups in total. The Labute approximate surface area is 196 Å². The largest absolute Gasteiger partial charge is 0.467 e. The van der Waals surface area contributed by atoms with E-state index in [-0.39, 0.29) is 23.9 Å². The summed E-state index contributed by atoms with van der Waals surface area (Å²) in [6, 6.07) is 20.2. The van der Waals surface area contributed by atoms with Gasteiger partial charge in [0.25, 0.3) is 0 Å². The van der Waals surface area contributed by atoms with Gasteiger partial charge in [-0.05, 0) is 63.9 Å². The van der Waals surface area contributed by atoms with Gasteiger partial charge in [-0.2, -0.15) is 4.31 Å². The average molecular weight is 469 g/mol. The summed E-state index contributed by atoms with van der Waals surface area (Å²) in [4.78, 5) is 15.3. The Bertz CT molecular complexity index is 1130. The molecule has 0 radical (unpaired) electrons. The van der Waals surface area contributed by atoms with Crippen LogP contribution in [0.25, 0.3) is 0 Å². The highest BCUT2D eigenvalue weighted by molar-refractivity contribution is 7.89.